The summed E-state index contributed by atoms with van der Waals surface area (Å²) in [7, 11) is 0. The lowest BCUT2D eigenvalue weighted by molar-refractivity contribution is 0.172. The van der Waals surface area contributed by atoms with Crippen LogP contribution < -0.4 is 0 Å². The number of halogens is 3. The van der Waals surface area contributed by atoms with Crippen LogP contribution in [-0.4, -0.2) is 11.7 Å². The molecule has 0 unspecified atom stereocenters. The van der Waals surface area contributed by atoms with E-state index in [1.807, 2.05) is 12.1 Å². The van der Waals surface area contributed by atoms with Crippen LogP contribution in [0.25, 0.3) is 0 Å². The lowest BCUT2D eigenvalue weighted by atomic mass is 9.92. The minimum atomic E-state index is -0.796. The number of aliphatic hydroxyl groups is 1. The van der Waals surface area contributed by atoms with E-state index in [4.69, 9.17) is 39.5 Å². The summed E-state index contributed by atoms with van der Waals surface area (Å²) in [6, 6.07) is 12.5. The average Bonchev–Trinajstić information content (AvgIpc) is 3.15. The fourth-order valence-electron chi connectivity index (χ4n) is 2.39. The summed E-state index contributed by atoms with van der Waals surface area (Å²) < 4.78 is 5.77. The third-order valence-corrected chi connectivity index (χ3v) is 4.29. The van der Waals surface area contributed by atoms with Crippen molar-refractivity contribution in [1.29, 1.82) is 0 Å². The molecule has 1 fully saturated rings. The number of hydrogen-bond acceptors (Lipinski definition) is 2. The summed E-state index contributed by atoms with van der Waals surface area (Å²) in [4.78, 5) is 0. The van der Waals surface area contributed by atoms with Crippen molar-refractivity contribution in [1.82, 2.24) is 0 Å². The summed E-state index contributed by atoms with van der Waals surface area (Å²) in [5, 5.41) is 11.4. The van der Waals surface area contributed by atoms with Gasteiger partial charge in [-0.25, -0.2) is 0 Å². The SMILES string of the molecule is OC[C@]1(c2ccc(Cl)cc2Cl)O[C@H]1c1ccc(Cl)cc1. The van der Waals surface area contributed by atoms with Gasteiger partial charge in [0.1, 0.15) is 11.7 Å². The van der Waals surface area contributed by atoms with Gasteiger partial charge in [-0.2, -0.15) is 0 Å². The number of benzene rings is 2. The Morgan fingerprint density at radius 2 is 1.65 bits per heavy atom. The predicted molar refractivity (Wildman–Crippen MR) is 80.5 cm³/mol. The smallest absolute Gasteiger partial charge is 0.149 e. The molecule has 2 nitrogen and oxygen atoms in total. The fraction of sp³-hybridized carbons (Fsp3) is 0.200. The van der Waals surface area contributed by atoms with Crippen LogP contribution in [0.3, 0.4) is 0 Å². The highest BCUT2D eigenvalue weighted by Crippen LogP contribution is 2.58. The minimum absolute atomic E-state index is 0.151. The number of rotatable bonds is 3. The number of aliphatic hydroxyl groups excluding tert-OH is 1. The van der Waals surface area contributed by atoms with Crippen molar-refractivity contribution in [3.8, 4) is 0 Å². The van der Waals surface area contributed by atoms with Gasteiger partial charge >= 0.3 is 0 Å². The monoisotopic (exact) mass is 328 g/mol. The average molecular weight is 330 g/mol. The van der Waals surface area contributed by atoms with Crippen molar-refractivity contribution < 1.29 is 9.84 Å². The van der Waals surface area contributed by atoms with E-state index in [-0.39, 0.29) is 12.7 Å². The molecule has 0 amide bonds. The highest BCUT2D eigenvalue weighted by Gasteiger charge is 2.59. The maximum absolute atomic E-state index is 9.75. The standard InChI is InChI=1S/C15H11Cl3O2/c16-10-3-1-9(2-4-10)14-15(8-19,20-14)12-6-5-11(17)7-13(12)18/h1-7,14,19H,8H2/t14-,15+/m0/s1. The van der Waals surface area contributed by atoms with E-state index in [1.165, 1.54) is 0 Å². The molecule has 1 saturated heterocycles. The first kappa shape index (κ1) is 14.2. The molecule has 3 rings (SSSR count). The van der Waals surface area contributed by atoms with Gasteiger partial charge in [-0.3, -0.25) is 0 Å². The second kappa shape index (κ2) is 5.21. The van der Waals surface area contributed by atoms with Gasteiger partial charge in [0.05, 0.1) is 6.61 Å². The zero-order valence-corrected chi connectivity index (χ0v) is 12.6. The maximum Gasteiger partial charge on any atom is 0.149 e. The molecule has 0 aliphatic carbocycles. The third kappa shape index (κ3) is 2.32. The molecule has 1 aliphatic heterocycles. The van der Waals surface area contributed by atoms with Crippen molar-refractivity contribution in [2.75, 3.05) is 6.61 Å². The summed E-state index contributed by atoms with van der Waals surface area (Å²) in [5.41, 5.74) is 0.899. The van der Waals surface area contributed by atoms with Crippen LogP contribution >= 0.6 is 34.8 Å². The second-order valence-corrected chi connectivity index (χ2v) is 6.00. The zero-order chi connectivity index (χ0) is 14.3. The Morgan fingerprint density at radius 1 is 1.00 bits per heavy atom. The van der Waals surface area contributed by atoms with Crippen molar-refractivity contribution in [3.05, 3.63) is 68.7 Å². The van der Waals surface area contributed by atoms with Gasteiger partial charge in [0, 0.05) is 20.6 Å². The van der Waals surface area contributed by atoms with E-state index in [0.29, 0.717) is 15.1 Å². The van der Waals surface area contributed by atoms with Crippen LogP contribution in [-0.2, 0) is 10.3 Å². The van der Waals surface area contributed by atoms with Crippen LogP contribution in [0, 0.1) is 0 Å². The number of hydrogen-bond donors (Lipinski definition) is 1. The van der Waals surface area contributed by atoms with E-state index >= 15 is 0 Å². The summed E-state index contributed by atoms with van der Waals surface area (Å²) in [6.45, 7) is -0.151. The van der Waals surface area contributed by atoms with Crippen LogP contribution in [0.2, 0.25) is 15.1 Å². The van der Waals surface area contributed by atoms with Crippen molar-refractivity contribution >= 4 is 34.8 Å². The van der Waals surface area contributed by atoms with E-state index in [0.717, 1.165) is 11.1 Å². The van der Waals surface area contributed by atoms with Gasteiger partial charge in [-0.1, -0.05) is 53.0 Å². The fourth-order valence-corrected chi connectivity index (χ4v) is 3.09. The number of ether oxygens (including phenoxy) is 1. The molecule has 0 saturated carbocycles. The Bertz CT molecular complexity index is 642. The molecule has 20 heavy (non-hydrogen) atoms. The Balaban J connectivity index is 1.97. The molecular weight excluding hydrogens is 319 g/mol. The van der Waals surface area contributed by atoms with Crippen LogP contribution in [0.1, 0.15) is 17.2 Å². The lowest BCUT2D eigenvalue weighted by Crippen LogP contribution is -2.16. The molecule has 104 valence electrons. The molecule has 2 aromatic carbocycles. The van der Waals surface area contributed by atoms with Crippen molar-refractivity contribution in [2.45, 2.75) is 11.7 Å². The zero-order valence-electron chi connectivity index (χ0n) is 10.3. The summed E-state index contributed by atoms with van der Waals surface area (Å²) in [5.74, 6) is 0. The quantitative estimate of drug-likeness (QED) is 0.834. The number of epoxide rings is 1. The molecular formula is C15H11Cl3O2. The molecule has 2 aromatic rings. The van der Waals surface area contributed by atoms with E-state index in [1.54, 1.807) is 30.3 Å². The Hall–Kier alpha value is -0.770. The van der Waals surface area contributed by atoms with Gasteiger partial charge in [0.15, 0.2) is 0 Å². The maximum atomic E-state index is 9.75. The molecule has 0 bridgehead atoms. The van der Waals surface area contributed by atoms with Gasteiger partial charge in [0.2, 0.25) is 0 Å². The summed E-state index contributed by atoms with van der Waals surface area (Å²) >= 11 is 18.0. The normalized spacial score (nSPS) is 24.7. The highest BCUT2D eigenvalue weighted by atomic mass is 35.5. The molecule has 2 atom stereocenters. The molecule has 1 heterocycles. The van der Waals surface area contributed by atoms with Gasteiger partial charge in [-0.05, 0) is 29.8 Å². The molecule has 0 aromatic heterocycles. The van der Waals surface area contributed by atoms with Gasteiger partial charge in [-0.15, -0.1) is 0 Å². The highest BCUT2D eigenvalue weighted by molar-refractivity contribution is 6.35. The van der Waals surface area contributed by atoms with Gasteiger partial charge in [0.25, 0.3) is 0 Å². The Kier molecular flexibility index (Phi) is 3.69. The minimum Gasteiger partial charge on any atom is -0.393 e. The molecule has 0 spiro atoms. The van der Waals surface area contributed by atoms with Crippen LogP contribution in [0.4, 0.5) is 0 Å². The largest absolute Gasteiger partial charge is 0.393 e. The van der Waals surface area contributed by atoms with Crippen molar-refractivity contribution in [3.63, 3.8) is 0 Å². The first-order valence-corrected chi connectivity index (χ1v) is 7.20. The molecule has 5 heteroatoms. The second-order valence-electron chi connectivity index (χ2n) is 4.72. The van der Waals surface area contributed by atoms with E-state index in [2.05, 4.69) is 0 Å². The van der Waals surface area contributed by atoms with Crippen LogP contribution in [0.15, 0.2) is 42.5 Å². The Morgan fingerprint density at radius 3 is 2.25 bits per heavy atom. The topological polar surface area (TPSA) is 32.8 Å². The third-order valence-electron chi connectivity index (χ3n) is 3.49. The van der Waals surface area contributed by atoms with Crippen molar-refractivity contribution in [2.24, 2.45) is 0 Å². The molecule has 1 N–H and O–H groups in total. The van der Waals surface area contributed by atoms with E-state index in [9.17, 15) is 5.11 Å². The Labute approximate surface area is 131 Å². The predicted octanol–water partition coefficient (Wildman–Crippen LogP) is 4.61. The molecule has 0 radical (unpaired) electrons. The first-order chi connectivity index (χ1) is 9.56. The van der Waals surface area contributed by atoms with Crippen LogP contribution in [0.5, 0.6) is 0 Å². The lowest BCUT2D eigenvalue weighted by Gasteiger charge is -2.12. The van der Waals surface area contributed by atoms with E-state index < -0.39 is 5.60 Å². The summed E-state index contributed by atoms with van der Waals surface area (Å²) in [6.07, 6.45) is -0.233. The van der Waals surface area contributed by atoms with Gasteiger partial charge < -0.3 is 9.84 Å². The molecule has 1 aliphatic rings. The first-order valence-electron chi connectivity index (χ1n) is 6.06.